The number of hydrogen-bond acceptors (Lipinski definition) is 0. The Morgan fingerprint density at radius 1 is 1.35 bits per heavy atom. The molecule has 4 unspecified atom stereocenters. The molecule has 2 aliphatic carbocycles. The predicted molar refractivity (Wildman–Crippen MR) is 76.0 cm³/mol. The van der Waals surface area contributed by atoms with Gasteiger partial charge in [0.2, 0.25) is 0 Å². The van der Waals surface area contributed by atoms with Gasteiger partial charge in [0.15, 0.2) is 0 Å². The summed E-state index contributed by atoms with van der Waals surface area (Å²) >= 11 is 0. The van der Waals surface area contributed by atoms with Crippen molar-refractivity contribution in [3.05, 3.63) is 11.6 Å². The second-order valence-corrected chi connectivity index (χ2v) is 7.12. The Bertz CT molecular complexity index is 288. The molecular formula is C17H30. The summed E-state index contributed by atoms with van der Waals surface area (Å²) in [5.74, 6) is 3.18. The maximum atomic E-state index is 2.51. The second kappa shape index (κ2) is 5.16. The Hall–Kier alpha value is -0.260. The number of hydrogen-bond donors (Lipinski definition) is 0. The van der Waals surface area contributed by atoms with E-state index in [9.17, 15) is 0 Å². The summed E-state index contributed by atoms with van der Waals surface area (Å²) in [6.07, 6.45) is 12.4. The van der Waals surface area contributed by atoms with Gasteiger partial charge in [0, 0.05) is 0 Å². The van der Waals surface area contributed by atoms with E-state index in [1.165, 1.54) is 44.9 Å². The van der Waals surface area contributed by atoms with E-state index in [0.29, 0.717) is 5.41 Å². The van der Waals surface area contributed by atoms with E-state index in [1.54, 1.807) is 5.57 Å². The van der Waals surface area contributed by atoms with Crippen LogP contribution >= 0.6 is 0 Å². The van der Waals surface area contributed by atoms with Crippen molar-refractivity contribution in [1.82, 2.24) is 0 Å². The van der Waals surface area contributed by atoms with Gasteiger partial charge >= 0.3 is 0 Å². The highest BCUT2D eigenvalue weighted by Crippen LogP contribution is 2.59. The highest BCUT2D eigenvalue weighted by Gasteiger charge is 2.49. The van der Waals surface area contributed by atoms with E-state index in [-0.39, 0.29) is 0 Å². The van der Waals surface area contributed by atoms with Gasteiger partial charge in [-0.1, -0.05) is 38.8 Å². The molecule has 0 aliphatic heterocycles. The van der Waals surface area contributed by atoms with Gasteiger partial charge in [-0.05, 0) is 68.6 Å². The van der Waals surface area contributed by atoms with E-state index < -0.39 is 0 Å². The first-order chi connectivity index (χ1) is 8.05. The molecule has 0 aromatic rings. The van der Waals surface area contributed by atoms with Crippen LogP contribution in [-0.2, 0) is 0 Å². The molecule has 0 amide bonds. The molecule has 0 heteroatoms. The minimum atomic E-state index is 0.673. The summed E-state index contributed by atoms with van der Waals surface area (Å²) in [5.41, 5.74) is 2.31. The summed E-state index contributed by atoms with van der Waals surface area (Å²) in [6.45, 7) is 9.52. The van der Waals surface area contributed by atoms with Gasteiger partial charge in [0.05, 0.1) is 0 Å². The first-order valence-corrected chi connectivity index (χ1v) is 7.71. The van der Waals surface area contributed by atoms with Crippen molar-refractivity contribution in [2.24, 2.45) is 23.2 Å². The minimum absolute atomic E-state index is 0.673. The van der Waals surface area contributed by atoms with E-state index in [4.69, 9.17) is 0 Å². The third-order valence-electron chi connectivity index (χ3n) is 5.16. The maximum Gasteiger partial charge on any atom is -0.0257 e. The smallest absolute Gasteiger partial charge is 0.0257 e. The molecule has 2 fully saturated rings. The molecule has 2 saturated carbocycles. The minimum Gasteiger partial charge on any atom is -0.0856 e. The molecule has 0 nitrogen and oxygen atoms in total. The Morgan fingerprint density at radius 3 is 2.65 bits per heavy atom. The lowest BCUT2D eigenvalue weighted by Gasteiger charge is -2.12. The van der Waals surface area contributed by atoms with Crippen molar-refractivity contribution < 1.29 is 0 Å². The molecule has 0 spiro atoms. The first-order valence-electron chi connectivity index (χ1n) is 7.71. The molecule has 2 aliphatic rings. The molecule has 98 valence electrons. The summed E-state index contributed by atoms with van der Waals surface area (Å²) in [5, 5.41) is 0. The Morgan fingerprint density at radius 2 is 2.06 bits per heavy atom. The molecule has 17 heavy (non-hydrogen) atoms. The van der Waals surface area contributed by atoms with Gasteiger partial charge in [-0.2, -0.15) is 0 Å². The SMILES string of the molecule is CCCC=C(C)CC1(C)CC1CCC1CC1C. The van der Waals surface area contributed by atoms with Crippen molar-refractivity contribution in [1.29, 1.82) is 0 Å². The normalized spacial score (nSPS) is 40.5. The van der Waals surface area contributed by atoms with Gasteiger partial charge < -0.3 is 0 Å². The zero-order valence-corrected chi connectivity index (χ0v) is 12.3. The summed E-state index contributed by atoms with van der Waals surface area (Å²) in [7, 11) is 0. The lowest BCUT2D eigenvalue weighted by molar-refractivity contribution is 0.457. The average Bonchev–Trinajstić information content (AvgIpc) is 3.12. The molecule has 0 aromatic heterocycles. The number of unbranched alkanes of at least 4 members (excludes halogenated alkanes) is 1. The van der Waals surface area contributed by atoms with Crippen molar-refractivity contribution >= 4 is 0 Å². The van der Waals surface area contributed by atoms with E-state index in [1.807, 2.05) is 0 Å². The average molecular weight is 234 g/mol. The van der Waals surface area contributed by atoms with Crippen LogP contribution in [0.4, 0.5) is 0 Å². The van der Waals surface area contributed by atoms with Gasteiger partial charge in [0.1, 0.15) is 0 Å². The molecule has 0 bridgehead atoms. The molecule has 0 aromatic carbocycles. The van der Waals surface area contributed by atoms with Crippen molar-refractivity contribution in [3.8, 4) is 0 Å². The fourth-order valence-electron chi connectivity index (χ4n) is 3.49. The fraction of sp³-hybridized carbons (Fsp3) is 0.882. The van der Waals surface area contributed by atoms with E-state index >= 15 is 0 Å². The maximum absolute atomic E-state index is 2.51. The molecule has 2 rings (SSSR count). The summed E-state index contributed by atoms with van der Waals surface area (Å²) in [6, 6.07) is 0. The Balaban J connectivity index is 1.67. The summed E-state index contributed by atoms with van der Waals surface area (Å²) < 4.78 is 0. The molecular weight excluding hydrogens is 204 g/mol. The van der Waals surface area contributed by atoms with Crippen LogP contribution in [0.25, 0.3) is 0 Å². The Kier molecular flexibility index (Phi) is 4.00. The van der Waals surface area contributed by atoms with Crippen LogP contribution in [0, 0.1) is 23.2 Å². The van der Waals surface area contributed by atoms with Crippen LogP contribution in [0.1, 0.15) is 72.6 Å². The Labute approximate surface area is 108 Å². The van der Waals surface area contributed by atoms with E-state index in [2.05, 4.69) is 33.8 Å². The van der Waals surface area contributed by atoms with Gasteiger partial charge in [0.25, 0.3) is 0 Å². The molecule has 0 radical (unpaired) electrons. The quantitative estimate of drug-likeness (QED) is 0.504. The molecule has 0 saturated heterocycles. The van der Waals surface area contributed by atoms with Gasteiger partial charge in [-0.3, -0.25) is 0 Å². The van der Waals surface area contributed by atoms with Gasteiger partial charge in [-0.25, -0.2) is 0 Å². The van der Waals surface area contributed by atoms with Gasteiger partial charge in [-0.15, -0.1) is 0 Å². The van der Waals surface area contributed by atoms with Crippen LogP contribution in [0.15, 0.2) is 11.6 Å². The second-order valence-electron chi connectivity index (χ2n) is 7.12. The predicted octanol–water partition coefficient (Wildman–Crippen LogP) is 5.59. The van der Waals surface area contributed by atoms with Crippen LogP contribution in [0.3, 0.4) is 0 Å². The topological polar surface area (TPSA) is 0 Å². The van der Waals surface area contributed by atoms with E-state index in [0.717, 1.165) is 17.8 Å². The molecule has 0 N–H and O–H groups in total. The zero-order chi connectivity index (χ0) is 12.5. The van der Waals surface area contributed by atoms with Crippen LogP contribution in [-0.4, -0.2) is 0 Å². The number of rotatable bonds is 7. The summed E-state index contributed by atoms with van der Waals surface area (Å²) in [4.78, 5) is 0. The highest BCUT2D eigenvalue weighted by atomic mass is 14.5. The first kappa shape index (κ1) is 13.2. The third kappa shape index (κ3) is 3.60. The molecule has 0 heterocycles. The van der Waals surface area contributed by atoms with Crippen molar-refractivity contribution in [2.45, 2.75) is 72.6 Å². The zero-order valence-electron chi connectivity index (χ0n) is 12.3. The lowest BCUT2D eigenvalue weighted by Crippen LogP contribution is -2.00. The molecule has 4 atom stereocenters. The lowest BCUT2D eigenvalue weighted by atomic mass is 9.94. The fourth-order valence-corrected chi connectivity index (χ4v) is 3.49. The standard InChI is InChI=1S/C17H30/c1-5-6-7-13(2)11-17(4)12-16(17)9-8-15-10-14(15)3/h7,14-16H,5-6,8-12H2,1-4H3. The van der Waals surface area contributed by atoms with Crippen LogP contribution in [0.2, 0.25) is 0 Å². The highest BCUT2D eigenvalue weighted by molar-refractivity contribution is 5.10. The monoisotopic (exact) mass is 234 g/mol. The third-order valence-corrected chi connectivity index (χ3v) is 5.16. The van der Waals surface area contributed by atoms with Crippen LogP contribution < -0.4 is 0 Å². The largest absolute Gasteiger partial charge is 0.0856 e. The van der Waals surface area contributed by atoms with Crippen LogP contribution in [0.5, 0.6) is 0 Å². The van der Waals surface area contributed by atoms with Crippen molar-refractivity contribution in [2.75, 3.05) is 0 Å². The van der Waals surface area contributed by atoms with Crippen molar-refractivity contribution in [3.63, 3.8) is 0 Å². The number of allylic oxidation sites excluding steroid dienone is 2.